The van der Waals surface area contributed by atoms with E-state index in [0.29, 0.717) is 63.1 Å². The number of hydrogen-bond donors (Lipinski definition) is 1. The first-order valence-corrected chi connectivity index (χ1v) is 11.6. The van der Waals surface area contributed by atoms with Crippen molar-refractivity contribution in [2.75, 3.05) is 52.8 Å². The molecule has 2 aromatic carbocycles. The van der Waals surface area contributed by atoms with E-state index in [4.69, 9.17) is 23.7 Å². The van der Waals surface area contributed by atoms with Crippen molar-refractivity contribution in [3.05, 3.63) is 42.0 Å². The van der Waals surface area contributed by atoms with Gasteiger partial charge in [0.1, 0.15) is 18.0 Å². The minimum absolute atomic E-state index is 0.100. The molecular weight excluding hydrogens is 410 g/mol. The average molecular weight is 444 g/mol. The van der Waals surface area contributed by atoms with Crippen LogP contribution in [0.3, 0.4) is 0 Å². The van der Waals surface area contributed by atoms with Gasteiger partial charge in [0.05, 0.1) is 38.6 Å². The second-order valence-corrected chi connectivity index (χ2v) is 8.24. The third kappa shape index (κ3) is 7.45. The molecular formula is C25H33NO6. The molecule has 0 aromatic heterocycles. The first-order chi connectivity index (χ1) is 15.8. The summed E-state index contributed by atoms with van der Waals surface area (Å²) >= 11 is 0. The van der Waals surface area contributed by atoms with Crippen LogP contribution in [0.15, 0.2) is 36.4 Å². The zero-order valence-corrected chi connectivity index (χ0v) is 18.6. The Morgan fingerprint density at radius 2 is 1.53 bits per heavy atom. The maximum absolute atomic E-state index is 13.0. The highest BCUT2D eigenvalue weighted by Crippen LogP contribution is 2.28. The highest BCUT2D eigenvalue weighted by molar-refractivity contribution is 6.09. The molecule has 0 saturated carbocycles. The average Bonchev–Trinajstić information content (AvgIpc) is 3.73. The molecule has 2 heterocycles. The van der Waals surface area contributed by atoms with Gasteiger partial charge in [0.15, 0.2) is 0 Å². The van der Waals surface area contributed by atoms with Gasteiger partial charge in [0.25, 0.3) is 5.91 Å². The summed E-state index contributed by atoms with van der Waals surface area (Å²) in [6.07, 6.45) is 4.15. The summed E-state index contributed by atoms with van der Waals surface area (Å²) in [6.45, 7) is 5.52. The first kappa shape index (κ1) is 23.0. The Morgan fingerprint density at radius 3 is 2.25 bits per heavy atom. The van der Waals surface area contributed by atoms with Gasteiger partial charge < -0.3 is 29.0 Å². The molecule has 0 spiro atoms. The van der Waals surface area contributed by atoms with Crippen molar-refractivity contribution in [1.82, 2.24) is 5.32 Å². The van der Waals surface area contributed by atoms with Gasteiger partial charge in [-0.3, -0.25) is 4.79 Å². The third-order valence-corrected chi connectivity index (χ3v) is 5.47. The number of ether oxygens (including phenoxy) is 5. The second kappa shape index (κ2) is 12.2. The predicted molar refractivity (Wildman–Crippen MR) is 121 cm³/mol. The van der Waals surface area contributed by atoms with E-state index >= 15 is 0 Å². The minimum atomic E-state index is -0.100. The summed E-state index contributed by atoms with van der Waals surface area (Å²) in [6, 6.07) is 11.8. The maximum Gasteiger partial charge on any atom is 0.255 e. The molecule has 0 bridgehead atoms. The monoisotopic (exact) mass is 443 g/mol. The minimum Gasteiger partial charge on any atom is -0.493 e. The number of epoxide rings is 2. The Hall–Kier alpha value is -2.19. The smallest absolute Gasteiger partial charge is 0.255 e. The lowest BCUT2D eigenvalue weighted by atomic mass is 10.0. The fourth-order valence-electron chi connectivity index (χ4n) is 3.47. The lowest BCUT2D eigenvalue weighted by molar-refractivity contribution is 0.0942. The van der Waals surface area contributed by atoms with Crippen molar-refractivity contribution < 1.29 is 28.5 Å². The molecule has 2 saturated heterocycles. The Kier molecular flexibility index (Phi) is 8.73. The Balaban J connectivity index is 1.24. The lowest BCUT2D eigenvalue weighted by Crippen LogP contribution is -2.25. The van der Waals surface area contributed by atoms with Crippen molar-refractivity contribution in [2.24, 2.45) is 0 Å². The van der Waals surface area contributed by atoms with Crippen molar-refractivity contribution >= 4 is 16.7 Å². The molecule has 2 aliphatic heterocycles. The second-order valence-electron chi connectivity index (χ2n) is 8.24. The molecule has 2 unspecified atom stereocenters. The molecule has 1 amide bonds. The fourth-order valence-corrected chi connectivity index (χ4v) is 3.47. The number of carbonyl (C=O) groups excluding carboxylic acids is 1. The number of hydrogen-bond acceptors (Lipinski definition) is 6. The summed E-state index contributed by atoms with van der Waals surface area (Å²) in [5.74, 6) is 0.526. The molecule has 0 radical (unpaired) electrons. The lowest BCUT2D eigenvalue weighted by Gasteiger charge is -2.14. The van der Waals surface area contributed by atoms with E-state index in [0.717, 1.165) is 49.7 Å². The SMILES string of the molecule is O=C(NCCCCOCC1CO1)c1c(OCCCCOCC2CO2)ccc2ccccc12. The molecule has 2 atom stereocenters. The molecule has 32 heavy (non-hydrogen) atoms. The zero-order chi connectivity index (χ0) is 22.0. The largest absolute Gasteiger partial charge is 0.493 e. The van der Waals surface area contributed by atoms with E-state index in [-0.39, 0.29) is 5.91 Å². The van der Waals surface area contributed by atoms with Crippen LogP contribution in [0.1, 0.15) is 36.0 Å². The number of carbonyl (C=O) groups is 1. The molecule has 7 nitrogen and oxygen atoms in total. The Bertz CT molecular complexity index is 865. The van der Waals surface area contributed by atoms with Crippen LogP contribution in [-0.4, -0.2) is 70.9 Å². The zero-order valence-electron chi connectivity index (χ0n) is 18.6. The van der Waals surface area contributed by atoms with Crippen LogP contribution in [0, 0.1) is 0 Å². The fraction of sp³-hybridized carbons (Fsp3) is 0.560. The van der Waals surface area contributed by atoms with Crippen LogP contribution in [0.5, 0.6) is 5.75 Å². The van der Waals surface area contributed by atoms with E-state index < -0.39 is 0 Å². The quantitative estimate of drug-likeness (QED) is 0.317. The van der Waals surface area contributed by atoms with Crippen molar-refractivity contribution in [3.8, 4) is 5.75 Å². The van der Waals surface area contributed by atoms with Crippen molar-refractivity contribution in [1.29, 1.82) is 0 Å². The summed E-state index contributed by atoms with van der Waals surface area (Å²) in [4.78, 5) is 13.0. The van der Waals surface area contributed by atoms with Crippen LogP contribution in [0.25, 0.3) is 10.8 Å². The van der Waals surface area contributed by atoms with Crippen LogP contribution in [-0.2, 0) is 18.9 Å². The van der Waals surface area contributed by atoms with Gasteiger partial charge in [-0.2, -0.15) is 0 Å². The van der Waals surface area contributed by atoms with Gasteiger partial charge in [0, 0.05) is 19.8 Å². The number of unbranched alkanes of at least 4 members (excludes halogenated alkanes) is 2. The molecule has 2 aromatic rings. The molecule has 174 valence electrons. The van der Waals surface area contributed by atoms with Gasteiger partial charge in [0.2, 0.25) is 0 Å². The van der Waals surface area contributed by atoms with Crippen LogP contribution < -0.4 is 10.1 Å². The first-order valence-electron chi connectivity index (χ1n) is 11.6. The molecule has 4 rings (SSSR count). The highest BCUT2D eigenvalue weighted by Gasteiger charge is 2.22. The highest BCUT2D eigenvalue weighted by atomic mass is 16.6. The van der Waals surface area contributed by atoms with E-state index in [9.17, 15) is 4.79 Å². The van der Waals surface area contributed by atoms with E-state index in [1.54, 1.807) is 0 Å². The van der Waals surface area contributed by atoms with Gasteiger partial charge >= 0.3 is 0 Å². The topological polar surface area (TPSA) is 81.9 Å². The molecule has 2 aliphatic rings. The summed E-state index contributed by atoms with van der Waals surface area (Å²) in [7, 11) is 0. The van der Waals surface area contributed by atoms with Gasteiger partial charge in [-0.1, -0.05) is 30.3 Å². The molecule has 7 heteroatoms. The predicted octanol–water partition coefficient (Wildman–Crippen LogP) is 3.34. The van der Waals surface area contributed by atoms with Gasteiger partial charge in [-0.05, 0) is 42.5 Å². The van der Waals surface area contributed by atoms with Crippen LogP contribution in [0.4, 0.5) is 0 Å². The summed E-state index contributed by atoms with van der Waals surface area (Å²) < 4.78 is 27.4. The van der Waals surface area contributed by atoms with Crippen LogP contribution in [0.2, 0.25) is 0 Å². The molecule has 2 fully saturated rings. The summed E-state index contributed by atoms with van der Waals surface area (Å²) in [5, 5.41) is 4.98. The number of amides is 1. The van der Waals surface area contributed by atoms with Crippen molar-refractivity contribution in [2.45, 2.75) is 37.9 Å². The Morgan fingerprint density at radius 1 is 0.875 bits per heavy atom. The van der Waals surface area contributed by atoms with E-state index in [2.05, 4.69) is 5.32 Å². The molecule has 0 aliphatic carbocycles. The van der Waals surface area contributed by atoms with Gasteiger partial charge in [-0.25, -0.2) is 0 Å². The normalized spacial score (nSPS) is 19.1. The van der Waals surface area contributed by atoms with E-state index in [1.165, 1.54) is 0 Å². The number of benzene rings is 2. The maximum atomic E-state index is 13.0. The van der Waals surface area contributed by atoms with Gasteiger partial charge in [-0.15, -0.1) is 0 Å². The Labute approximate surface area is 189 Å². The number of nitrogens with one attached hydrogen (secondary N) is 1. The standard InChI is InChI=1S/C25H33NO6/c27-25(26-11-3-4-12-28-15-20-17-31-20)24-22-8-2-1-7-19(22)9-10-23(24)30-14-6-5-13-29-16-21-18-32-21/h1-2,7-10,20-21H,3-6,11-18H2,(H,26,27). The summed E-state index contributed by atoms with van der Waals surface area (Å²) in [5.41, 5.74) is 0.604. The number of rotatable bonds is 16. The third-order valence-electron chi connectivity index (χ3n) is 5.47. The number of fused-ring (bicyclic) bond motifs is 1. The van der Waals surface area contributed by atoms with E-state index in [1.807, 2.05) is 36.4 Å². The van der Waals surface area contributed by atoms with Crippen molar-refractivity contribution in [3.63, 3.8) is 0 Å². The van der Waals surface area contributed by atoms with Crippen LogP contribution >= 0.6 is 0 Å². The molecule has 1 N–H and O–H groups in total.